The van der Waals surface area contributed by atoms with E-state index in [1.54, 1.807) is 0 Å². The number of rotatable bonds is 5. The molecule has 1 saturated carbocycles. The van der Waals surface area contributed by atoms with Crippen LogP contribution < -0.4 is 4.72 Å². The van der Waals surface area contributed by atoms with Crippen LogP contribution >= 0.6 is 0 Å². The first-order valence-electron chi connectivity index (χ1n) is 7.74. The lowest BCUT2D eigenvalue weighted by Gasteiger charge is -2.34. The zero-order valence-electron chi connectivity index (χ0n) is 11.9. The topological polar surface area (TPSA) is 72.9 Å². The Balaban J connectivity index is 1.59. The Hall–Kier alpha value is -0.210. The Bertz CT molecular complexity index is 438. The van der Waals surface area contributed by atoms with Gasteiger partial charge in [0, 0.05) is 37.8 Å². The van der Waals surface area contributed by atoms with Gasteiger partial charge in [-0.25, -0.2) is 0 Å². The van der Waals surface area contributed by atoms with E-state index in [1.165, 1.54) is 17.1 Å². The minimum absolute atomic E-state index is 0.0295. The molecule has 0 spiro atoms. The first-order chi connectivity index (χ1) is 9.60. The van der Waals surface area contributed by atoms with Crippen molar-refractivity contribution >= 4 is 10.2 Å². The lowest BCUT2D eigenvalue weighted by atomic mass is 10.1. The van der Waals surface area contributed by atoms with Gasteiger partial charge in [0.15, 0.2) is 0 Å². The monoisotopic (exact) mass is 303 g/mol. The average molecular weight is 303 g/mol. The van der Waals surface area contributed by atoms with E-state index in [2.05, 4.69) is 9.62 Å². The quantitative estimate of drug-likeness (QED) is 0.744. The van der Waals surface area contributed by atoms with E-state index in [-0.39, 0.29) is 18.7 Å². The number of nitrogens with zero attached hydrogens (tertiary/aromatic N) is 2. The molecule has 2 aliphatic heterocycles. The second kappa shape index (κ2) is 5.88. The highest BCUT2D eigenvalue weighted by Crippen LogP contribution is 2.30. The number of nitrogens with one attached hydrogen (secondary N) is 1. The van der Waals surface area contributed by atoms with Gasteiger partial charge >= 0.3 is 0 Å². The molecule has 1 aliphatic carbocycles. The van der Waals surface area contributed by atoms with Crippen molar-refractivity contribution in [3.8, 4) is 0 Å². The van der Waals surface area contributed by atoms with Crippen LogP contribution in [-0.4, -0.2) is 67.1 Å². The molecule has 0 amide bonds. The molecule has 2 N–H and O–H groups in total. The molecule has 116 valence electrons. The number of aliphatic hydroxyl groups is 1. The minimum atomic E-state index is -3.46. The van der Waals surface area contributed by atoms with Crippen molar-refractivity contribution in [3.05, 3.63) is 0 Å². The molecule has 3 aliphatic rings. The summed E-state index contributed by atoms with van der Waals surface area (Å²) in [7, 11) is -3.46. The van der Waals surface area contributed by atoms with Crippen LogP contribution in [0.4, 0.5) is 0 Å². The lowest BCUT2D eigenvalue weighted by Crippen LogP contribution is -2.53. The average Bonchev–Trinajstić information content (AvgIpc) is 3.20. The van der Waals surface area contributed by atoms with Crippen LogP contribution in [0.3, 0.4) is 0 Å². The van der Waals surface area contributed by atoms with Crippen molar-refractivity contribution in [3.63, 3.8) is 0 Å². The van der Waals surface area contributed by atoms with Crippen LogP contribution in [0.2, 0.25) is 0 Å². The molecule has 0 radical (unpaired) electrons. The molecule has 0 aromatic carbocycles. The molecule has 0 bridgehead atoms. The van der Waals surface area contributed by atoms with Crippen LogP contribution in [0.25, 0.3) is 0 Å². The van der Waals surface area contributed by atoms with Gasteiger partial charge in [-0.15, -0.1) is 0 Å². The molecule has 3 fully saturated rings. The van der Waals surface area contributed by atoms with Gasteiger partial charge in [0.2, 0.25) is 0 Å². The molecule has 6 nitrogen and oxygen atoms in total. The van der Waals surface area contributed by atoms with Crippen LogP contribution in [0, 0.1) is 0 Å². The summed E-state index contributed by atoms with van der Waals surface area (Å²) >= 11 is 0. The SMILES string of the molecule is O=S(=O)(NC1CCN(C2CC2)C1)N1CCCCC1CO. The first kappa shape index (κ1) is 14.7. The summed E-state index contributed by atoms with van der Waals surface area (Å²) in [6.07, 6.45) is 6.06. The Morgan fingerprint density at radius 1 is 1.10 bits per heavy atom. The van der Waals surface area contributed by atoms with Gasteiger partial charge in [0.1, 0.15) is 0 Å². The highest BCUT2D eigenvalue weighted by atomic mass is 32.2. The van der Waals surface area contributed by atoms with Gasteiger partial charge in [0.05, 0.1) is 6.61 Å². The Morgan fingerprint density at radius 3 is 2.60 bits per heavy atom. The molecule has 2 saturated heterocycles. The molecule has 2 unspecified atom stereocenters. The second-order valence-corrected chi connectivity index (χ2v) is 7.93. The van der Waals surface area contributed by atoms with Gasteiger partial charge in [-0.3, -0.25) is 4.90 Å². The zero-order valence-corrected chi connectivity index (χ0v) is 12.7. The van der Waals surface area contributed by atoms with Crippen molar-refractivity contribution in [1.82, 2.24) is 13.9 Å². The van der Waals surface area contributed by atoms with Crippen molar-refractivity contribution < 1.29 is 13.5 Å². The van der Waals surface area contributed by atoms with Crippen LogP contribution in [-0.2, 0) is 10.2 Å². The summed E-state index contributed by atoms with van der Waals surface area (Å²) in [5.41, 5.74) is 0. The van der Waals surface area contributed by atoms with Crippen LogP contribution in [0.1, 0.15) is 38.5 Å². The van der Waals surface area contributed by atoms with E-state index >= 15 is 0 Å². The predicted octanol–water partition coefficient (Wildman–Crippen LogP) is -0.0957. The van der Waals surface area contributed by atoms with Crippen molar-refractivity contribution in [1.29, 1.82) is 0 Å². The zero-order chi connectivity index (χ0) is 14.2. The lowest BCUT2D eigenvalue weighted by molar-refractivity contribution is 0.153. The Labute approximate surface area is 121 Å². The first-order valence-corrected chi connectivity index (χ1v) is 9.18. The molecule has 2 heterocycles. The number of hydrogen-bond acceptors (Lipinski definition) is 4. The Morgan fingerprint density at radius 2 is 1.90 bits per heavy atom. The van der Waals surface area contributed by atoms with Gasteiger partial charge in [-0.05, 0) is 32.1 Å². The third-order valence-corrected chi connectivity index (χ3v) is 6.42. The van der Waals surface area contributed by atoms with Gasteiger partial charge < -0.3 is 5.11 Å². The summed E-state index contributed by atoms with van der Waals surface area (Å²) in [6.45, 7) is 2.28. The largest absolute Gasteiger partial charge is 0.395 e. The number of likely N-dealkylation sites (tertiary alicyclic amines) is 1. The predicted molar refractivity (Wildman–Crippen MR) is 76.5 cm³/mol. The maximum atomic E-state index is 12.5. The van der Waals surface area contributed by atoms with Gasteiger partial charge in [-0.2, -0.15) is 17.4 Å². The standard InChI is InChI=1S/C13H25N3O3S/c17-10-13-3-1-2-7-16(13)20(18,19)14-11-6-8-15(9-11)12-4-5-12/h11-14,17H,1-10H2. The third kappa shape index (κ3) is 3.17. The van der Waals surface area contributed by atoms with Gasteiger partial charge in [0.25, 0.3) is 10.2 Å². The van der Waals surface area contributed by atoms with E-state index in [9.17, 15) is 13.5 Å². The van der Waals surface area contributed by atoms with E-state index in [0.717, 1.165) is 38.8 Å². The fraction of sp³-hybridized carbons (Fsp3) is 1.00. The Kier molecular flexibility index (Phi) is 4.33. The molecule has 2 atom stereocenters. The molecule has 0 aromatic heterocycles. The summed E-state index contributed by atoms with van der Waals surface area (Å²) in [5, 5.41) is 9.37. The van der Waals surface area contributed by atoms with E-state index < -0.39 is 10.2 Å². The molecular formula is C13H25N3O3S. The summed E-state index contributed by atoms with van der Waals surface area (Å²) in [4.78, 5) is 2.40. The highest BCUT2D eigenvalue weighted by Gasteiger charge is 2.38. The highest BCUT2D eigenvalue weighted by molar-refractivity contribution is 7.87. The fourth-order valence-electron chi connectivity index (χ4n) is 3.41. The van der Waals surface area contributed by atoms with Crippen molar-refractivity contribution in [2.75, 3.05) is 26.2 Å². The summed E-state index contributed by atoms with van der Waals surface area (Å²) < 4.78 is 29.3. The normalized spacial score (nSPS) is 33.6. The number of piperidine rings is 1. The smallest absolute Gasteiger partial charge is 0.280 e. The molecule has 7 heteroatoms. The van der Waals surface area contributed by atoms with E-state index in [0.29, 0.717) is 12.6 Å². The van der Waals surface area contributed by atoms with Crippen molar-refractivity contribution in [2.24, 2.45) is 0 Å². The summed E-state index contributed by atoms with van der Waals surface area (Å²) in [5.74, 6) is 0. The molecular weight excluding hydrogens is 278 g/mol. The van der Waals surface area contributed by atoms with Crippen molar-refractivity contribution in [2.45, 2.75) is 56.7 Å². The third-order valence-electron chi connectivity index (χ3n) is 4.69. The fourth-order valence-corrected chi connectivity index (χ4v) is 5.09. The summed E-state index contributed by atoms with van der Waals surface area (Å²) in [6, 6.07) is 0.480. The molecule has 0 aromatic rings. The van der Waals surface area contributed by atoms with Gasteiger partial charge in [-0.1, -0.05) is 6.42 Å². The molecule has 3 rings (SSSR count). The van der Waals surface area contributed by atoms with Crippen LogP contribution in [0.5, 0.6) is 0 Å². The van der Waals surface area contributed by atoms with Crippen LogP contribution in [0.15, 0.2) is 0 Å². The maximum absolute atomic E-state index is 12.5. The minimum Gasteiger partial charge on any atom is -0.395 e. The second-order valence-electron chi connectivity index (χ2n) is 6.28. The van der Waals surface area contributed by atoms with E-state index in [1.807, 2.05) is 0 Å². The maximum Gasteiger partial charge on any atom is 0.280 e. The number of aliphatic hydroxyl groups excluding tert-OH is 1. The van der Waals surface area contributed by atoms with E-state index in [4.69, 9.17) is 0 Å². The number of hydrogen-bond donors (Lipinski definition) is 2. The molecule has 20 heavy (non-hydrogen) atoms.